The Morgan fingerprint density at radius 1 is 1.03 bits per heavy atom. The van der Waals surface area contributed by atoms with Gasteiger partial charge in [-0.25, -0.2) is 0 Å². The Balaban J connectivity index is 1.59. The van der Waals surface area contributed by atoms with E-state index in [-0.39, 0.29) is 5.91 Å². The quantitative estimate of drug-likeness (QED) is 0.672. The van der Waals surface area contributed by atoms with Crippen LogP contribution < -0.4 is 10.5 Å². The molecule has 1 unspecified atom stereocenters. The van der Waals surface area contributed by atoms with Gasteiger partial charge in [-0.15, -0.1) is 0 Å². The standard InChI is InChI=1S/C24H25N3O2/c25-23(28)24(22-13-6-7-15-26-22)14-8-16-27(24)17-20-11-4-5-12-21(20)29-18-19-9-2-1-3-10-19/h1-7,9-13,15H,8,14,16-18H2,(H2,25,28). The van der Waals surface area contributed by atoms with Crippen LogP contribution in [0.25, 0.3) is 0 Å². The Labute approximate surface area is 171 Å². The van der Waals surface area contributed by atoms with Gasteiger partial charge in [-0.2, -0.15) is 0 Å². The number of benzene rings is 2. The average molecular weight is 387 g/mol. The van der Waals surface area contributed by atoms with Gasteiger partial charge in [0.2, 0.25) is 5.91 Å². The van der Waals surface area contributed by atoms with Crippen molar-refractivity contribution in [3.8, 4) is 5.75 Å². The molecule has 2 heterocycles. The first-order chi connectivity index (χ1) is 14.2. The number of primary amides is 1. The molecule has 0 bridgehead atoms. The molecule has 0 aliphatic carbocycles. The number of amides is 1. The van der Waals surface area contributed by atoms with Crippen molar-refractivity contribution >= 4 is 5.91 Å². The molecule has 0 saturated carbocycles. The number of nitrogens with zero attached hydrogens (tertiary/aromatic N) is 2. The van der Waals surface area contributed by atoms with Gasteiger partial charge >= 0.3 is 0 Å². The molecule has 1 fully saturated rings. The van der Waals surface area contributed by atoms with E-state index in [0.717, 1.165) is 29.8 Å². The van der Waals surface area contributed by atoms with Gasteiger partial charge in [0, 0.05) is 18.3 Å². The van der Waals surface area contributed by atoms with Crippen molar-refractivity contribution in [1.82, 2.24) is 9.88 Å². The first kappa shape index (κ1) is 19.2. The third kappa shape index (κ3) is 3.87. The third-order valence-electron chi connectivity index (χ3n) is 5.57. The molecular weight excluding hydrogens is 362 g/mol. The van der Waals surface area contributed by atoms with Crippen LogP contribution in [0.2, 0.25) is 0 Å². The summed E-state index contributed by atoms with van der Waals surface area (Å²) in [7, 11) is 0. The van der Waals surface area contributed by atoms with E-state index in [4.69, 9.17) is 10.5 Å². The van der Waals surface area contributed by atoms with Crippen molar-refractivity contribution < 1.29 is 9.53 Å². The Bertz CT molecular complexity index is 962. The van der Waals surface area contributed by atoms with E-state index in [1.807, 2.05) is 72.8 Å². The lowest BCUT2D eigenvalue weighted by molar-refractivity contribution is -0.129. The summed E-state index contributed by atoms with van der Waals surface area (Å²) >= 11 is 0. The van der Waals surface area contributed by atoms with Crippen LogP contribution in [0.15, 0.2) is 79.0 Å². The Morgan fingerprint density at radius 2 is 1.79 bits per heavy atom. The number of likely N-dealkylation sites (tertiary alicyclic amines) is 1. The zero-order chi connectivity index (χ0) is 20.1. The Hall–Kier alpha value is -3.18. The molecule has 148 valence electrons. The normalized spacial score (nSPS) is 19.2. The third-order valence-corrected chi connectivity index (χ3v) is 5.57. The van der Waals surface area contributed by atoms with Crippen LogP contribution >= 0.6 is 0 Å². The minimum Gasteiger partial charge on any atom is -0.489 e. The van der Waals surface area contributed by atoms with Crippen LogP contribution in [0.1, 0.15) is 29.7 Å². The van der Waals surface area contributed by atoms with Crippen molar-refractivity contribution in [1.29, 1.82) is 0 Å². The highest BCUT2D eigenvalue weighted by molar-refractivity contribution is 5.86. The number of nitrogens with two attached hydrogens (primary N) is 1. The highest BCUT2D eigenvalue weighted by Crippen LogP contribution is 2.39. The number of para-hydroxylation sites is 1. The molecule has 5 nitrogen and oxygen atoms in total. The van der Waals surface area contributed by atoms with Crippen LogP contribution in [-0.4, -0.2) is 22.3 Å². The van der Waals surface area contributed by atoms with Gasteiger partial charge in [0.05, 0.1) is 5.69 Å². The molecule has 2 N–H and O–H groups in total. The highest BCUT2D eigenvalue weighted by Gasteiger charge is 2.48. The molecule has 1 aliphatic rings. The van der Waals surface area contributed by atoms with Crippen molar-refractivity contribution in [2.75, 3.05) is 6.54 Å². The summed E-state index contributed by atoms with van der Waals surface area (Å²) in [5, 5.41) is 0. The number of carbonyl (C=O) groups excluding carboxylic acids is 1. The van der Waals surface area contributed by atoms with Crippen LogP contribution in [-0.2, 0) is 23.5 Å². The monoisotopic (exact) mass is 387 g/mol. The van der Waals surface area contributed by atoms with E-state index in [0.29, 0.717) is 25.3 Å². The number of hydrogen-bond acceptors (Lipinski definition) is 4. The molecule has 0 radical (unpaired) electrons. The predicted octanol–water partition coefficient (Wildman–Crippen LogP) is 3.64. The van der Waals surface area contributed by atoms with Crippen molar-refractivity contribution in [2.24, 2.45) is 5.73 Å². The van der Waals surface area contributed by atoms with Gasteiger partial charge in [0.25, 0.3) is 0 Å². The van der Waals surface area contributed by atoms with E-state index in [1.165, 1.54) is 0 Å². The largest absolute Gasteiger partial charge is 0.489 e. The summed E-state index contributed by atoms with van der Waals surface area (Å²) in [5.74, 6) is 0.471. The fraction of sp³-hybridized carbons (Fsp3) is 0.250. The molecule has 4 rings (SSSR count). The number of pyridine rings is 1. The van der Waals surface area contributed by atoms with Gasteiger partial charge in [0.15, 0.2) is 0 Å². The second-order valence-corrected chi connectivity index (χ2v) is 7.35. The summed E-state index contributed by atoms with van der Waals surface area (Å²) in [5.41, 5.74) is 7.91. The molecule has 0 spiro atoms. The minimum atomic E-state index is -0.881. The average Bonchev–Trinajstić information content (AvgIpc) is 3.19. The number of rotatable bonds is 7. The van der Waals surface area contributed by atoms with Crippen LogP contribution in [0.4, 0.5) is 0 Å². The summed E-state index contributed by atoms with van der Waals surface area (Å²) in [6, 6.07) is 23.7. The molecule has 2 aromatic carbocycles. The van der Waals surface area contributed by atoms with Gasteiger partial charge in [0.1, 0.15) is 17.9 Å². The fourth-order valence-electron chi connectivity index (χ4n) is 4.11. The molecule has 1 amide bonds. The van der Waals surface area contributed by atoms with Crippen LogP contribution in [0.3, 0.4) is 0 Å². The minimum absolute atomic E-state index is 0.351. The van der Waals surface area contributed by atoms with Gasteiger partial charge in [-0.3, -0.25) is 14.7 Å². The number of ether oxygens (including phenoxy) is 1. The lowest BCUT2D eigenvalue weighted by Gasteiger charge is -2.35. The summed E-state index contributed by atoms with van der Waals surface area (Å²) < 4.78 is 6.11. The van der Waals surface area contributed by atoms with Gasteiger partial charge in [-0.1, -0.05) is 54.6 Å². The van der Waals surface area contributed by atoms with Gasteiger partial charge in [-0.05, 0) is 43.1 Å². The molecule has 3 aromatic rings. The molecule has 5 heteroatoms. The summed E-state index contributed by atoms with van der Waals surface area (Å²) in [6.45, 7) is 1.86. The smallest absolute Gasteiger partial charge is 0.244 e. The molecule has 1 aromatic heterocycles. The Kier molecular flexibility index (Phi) is 5.58. The van der Waals surface area contributed by atoms with Crippen LogP contribution in [0, 0.1) is 0 Å². The molecule has 1 saturated heterocycles. The highest BCUT2D eigenvalue weighted by atomic mass is 16.5. The second-order valence-electron chi connectivity index (χ2n) is 7.35. The topological polar surface area (TPSA) is 68.5 Å². The van der Waals surface area contributed by atoms with E-state index in [9.17, 15) is 4.79 Å². The maximum Gasteiger partial charge on any atom is 0.244 e. The Morgan fingerprint density at radius 3 is 2.55 bits per heavy atom. The SMILES string of the molecule is NC(=O)C1(c2ccccn2)CCCN1Cc1ccccc1OCc1ccccc1. The molecule has 1 aliphatic heterocycles. The maximum atomic E-state index is 12.6. The molecular formula is C24H25N3O2. The second kappa shape index (κ2) is 8.45. The lowest BCUT2D eigenvalue weighted by Crippen LogP contribution is -2.51. The van der Waals surface area contributed by atoms with E-state index < -0.39 is 5.54 Å². The first-order valence-corrected chi connectivity index (χ1v) is 9.91. The first-order valence-electron chi connectivity index (χ1n) is 9.91. The number of carbonyl (C=O) groups is 1. The number of aromatic nitrogens is 1. The van der Waals surface area contributed by atoms with E-state index in [1.54, 1.807) is 6.20 Å². The zero-order valence-electron chi connectivity index (χ0n) is 16.3. The molecule has 29 heavy (non-hydrogen) atoms. The summed E-state index contributed by atoms with van der Waals surface area (Å²) in [4.78, 5) is 19.2. The van der Waals surface area contributed by atoms with E-state index >= 15 is 0 Å². The predicted molar refractivity (Wildman–Crippen MR) is 112 cm³/mol. The molecule has 1 atom stereocenters. The van der Waals surface area contributed by atoms with Crippen LogP contribution in [0.5, 0.6) is 5.75 Å². The van der Waals surface area contributed by atoms with E-state index in [2.05, 4.69) is 9.88 Å². The van der Waals surface area contributed by atoms with Crippen molar-refractivity contribution in [3.05, 3.63) is 95.8 Å². The van der Waals surface area contributed by atoms with Gasteiger partial charge < -0.3 is 10.5 Å². The number of hydrogen-bond donors (Lipinski definition) is 1. The maximum absolute atomic E-state index is 12.6. The van der Waals surface area contributed by atoms with Crippen molar-refractivity contribution in [2.45, 2.75) is 31.5 Å². The van der Waals surface area contributed by atoms with Crippen molar-refractivity contribution in [3.63, 3.8) is 0 Å². The lowest BCUT2D eigenvalue weighted by atomic mass is 9.90. The fourth-order valence-corrected chi connectivity index (χ4v) is 4.11. The summed E-state index contributed by atoms with van der Waals surface area (Å²) in [6.07, 6.45) is 3.28. The zero-order valence-corrected chi connectivity index (χ0v) is 16.3.